The molecule has 0 unspecified atom stereocenters. The molecule has 3 aromatic carbocycles. The van der Waals surface area contributed by atoms with Crippen LogP contribution in [0.4, 0.5) is 4.39 Å². The lowest BCUT2D eigenvalue weighted by Gasteiger charge is -2.19. The van der Waals surface area contributed by atoms with Crippen LogP contribution in [-0.4, -0.2) is 37.3 Å². The first-order valence-electron chi connectivity index (χ1n) is 11.1. The van der Waals surface area contributed by atoms with Crippen LogP contribution in [0.2, 0.25) is 5.02 Å². The molecular weight excluding hydrogens is 473 g/mol. The van der Waals surface area contributed by atoms with Crippen LogP contribution in [0, 0.1) is 11.7 Å². The Morgan fingerprint density at radius 2 is 1.66 bits per heavy atom. The lowest BCUT2D eigenvalue weighted by Crippen LogP contribution is -2.32. The van der Waals surface area contributed by atoms with E-state index >= 15 is 0 Å². The van der Waals surface area contributed by atoms with E-state index in [0.29, 0.717) is 11.4 Å². The molecule has 0 saturated carbocycles. The minimum absolute atomic E-state index is 0.0264. The van der Waals surface area contributed by atoms with Gasteiger partial charge in [-0.25, -0.2) is 9.07 Å². The van der Waals surface area contributed by atoms with Crippen LogP contribution in [0.25, 0.3) is 22.0 Å². The number of halogens is 2. The van der Waals surface area contributed by atoms with E-state index in [2.05, 4.69) is 10.3 Å². The molecule has 1 heterocycles. The van der Waals surface area contributed by atoms with Crippen molar-refractivity contribution in [2.75, 3.05) is 0 Å². The van der Waals surface area contributed by atoms with E-state index in [1.165, 1.54) is 12.1 Å². The van der Waals surface area contributed by atoms with E-state index in [1.54, 1.807) is 0 Å². The molecule has 0 spiro atoms. The number of aryl methyl sites for hydroxylation is 2. The second-order valence-corrected chi connectivity index (χ2v) is 8.76. The summed E-state index contributed by atoms with van der Waals surface area (Å²) in [6.45, 7) is -0.0674. The SMILES string of the molecule is O=C(O)[C@@H](CCn1nnc2ccc(F)cc2c1=O)[C@H](O)CCc1ccc(-c2ccc(Cl)cc2)cc1. The molecule has 0 fully saturated rings. The highest BCUT2D eigenvalue weighted by atomic mass is 35.5. The van der Waals surface area contributed by atoms with Gasteiger partial charge in [0.2, 0.25) is 0 Å². The Hall–Kier alpha value is -3.62. The van der Waals surface area contributed by atoms with Crippen molar-refractivity contribution in [3.8, 4) is 11.1 Å². The van der Waals surface area contributed by atoms with Crippen molar-refractivity contribution in [2.24, 2.45) is 5.92 Å². The van der Waals surface area contributed by atoms with Gasteiger partial charge in [0.25, 0.3) is 5.56 Å². The van der Waals surface area contributed by atoms with Crippen molar-refractivity contribution in [3.05, 3.63) is 93.5 Å². The Morgan fingerprint density at radius 3 is 2.31 bits per heavy atom. The number of aliphatic hydroxyl groups is 1. The molecule has 9 heteroatoms. The lowest BCUT2D eigenvalue weighted by atomic mass is 9.93. The molecule has 180 valence electrons. The van der Waals surface area contributed by atoms with Crippen LogP contribution in [0.5, 0.6) is 0 Å². The predicted octanol–water partition coefficient (Wildman–Crippen LogP) is 4.34. The van der Waals surface area contributed by atoms with E-state index in [-0.39, 0.29) is 30.3 Å². The van der Waals surface area contributed by atoms with Gasteiger partial charge >= 0.3 is 5.97 Å². The van der Waals surface area contributed by atoms with Gasteiger partial charge in [0.15, 0.2) is 0 Å². The van der Waals surface area contributed by atoms with Gasteiger partial charge in [-0.15, -0.1) is 5.10 Å². The zero-order chi connectivity index (χ0) is 24.9. The molecular formula is C26H23ClFN3O4. The van der Waals surface area contributed by atoms with E-state index in [9.17, 15) is 24.2 Å². The summed E-state index contributed by atoms with van der Waals surface area (Å²) in [5, 5.41) is 28.7. The van der Waals surface area contributed by atoms with Crippen molar-refractivity contribution < 1.29 is 19.4 Å². The van der Waals surface area contributed by atoms with Gasteiger partial charge < -0.3 is 10.2 Å². The first-order valence-corrected chi connectivity index (χ1v) is 11.5. The van der Waals surface area contributed by atoms with Crippen molar-refractivity contribution >= 4 is 28.5 Å². The Kier molecular flexibility index (Phi) is 7.53. The zero-order valence-electron chi connectivity index (χ0n) is 18.6. The summed E-state index contributed by atoms with van der Waals surface area (Å²) in [5.41, 5.74) is 2.71. The van der Waals surface area contributed by atoms with Gasteiger partial charge in [-0.2, -0.15) is 0 Å². The number of hydrogen-bond acceptors (Lipinski definition) is 5. The minimum atomic E-state index is -1.16. The highest BCUT2D eigenvalue weighted by molar-refractivity contribution is 6.30. The second-order valence-electron chi connectivity index (χ2n) is 8.32. The van der Waals surface area contributed by atoms with Gasteiger partial charge in [-0.1, -0.05) is 53.2 Å². The highest BCUT2D eigenvalue weighted by Gasteiger charge is 2.26. The standard InChI is InChI=1S/C26H23ClFN3O4/c27-19-8-6-18(7-9-19)17-4-1-16(2-5-17)3-12-24(32)21(26(34)35)13-14-31-25(33)22-15-20(28)10-11-23(22)29-30-31/h1-2,4-11,15,21,24,32H,3,12-14H2,(H,34,35)/t21-,24+/m0/s1. The molecule has 0 aliphatic heterocycles. The Balaban J connectivity index is 1.38. The summed E-state index contributed by atoms with van der Waals surface area (Å²) in [6.07, 6.45) is -0.423. The Morgan fingerprint density at radius 1 is 1.00 bits per heavy atom. The van der Waals surface area contributed by atoms with Crippen LogP contribution in [0.3, 0.4) is 0 Å². The van der Waals surface area contributed by atoms with Gasteiger partial charge in [-0.05, 0) is 66.3 Å². The summed E-state index contributed by atoms with van der Waals surface area (Å²) < 4.78 is 14.5. The molecule has 0 aliphatic rings. The summed E-state index contributed by atoms with van der Waals surface area (Å²) >= 11 is 5.93. The molecule has 2 atom stereocenters. The number of carbonyl (C=O) groups is 1. The number of benzene rings is 3. The number of hydrogen-bond donors (Lipinski definition) is 2. The fourth-order valence-corrected chi connectivity index (χ4v) is 4.08. The molecule has 4 aromatic rings. The molecule has 0 amide bonds. The van der Waals surface area contributed by atoms with Crippen molar-refractivity contribution in [3.63, 3.8) is 0 Å². The number of aliphatic carboxylic acids is 1. The monoisotopic (exact) mass is 495 g/mol. The number of rotatable bonds is 9. The molecule has 0 aliphatic carbocycles. The number of carboxylic acids is 1. The van der Waals surface area contributed by atoms with E-state index in [1.807, 2.05) is 48.5 Å². The van der Waals surface area contributed by atoms with Gasteiger partial charge in [0.05, 0.1) is 17.4 Å². The largest absolute Gasteiger partial charge is 0.481 e. The molecule has 4 rings (SSSR count). The summed E-state index contributed by atoms with van der Waals surface area (Å²) in [7, 11) is 0. The Labute approximate surface area is 205 Å². The van der Waals surface area contributed by atoms with E-state index in [0.717, 1.165) is 27.4 Å². The van der Waals surface area contributed by atoms with Crippen molar-refractivity contribution in [1.29, 1.82) is 0 Å². The number of carboxylic acid groups (broad SMARTS) is 1. The van der Waals surface area contributed by atoms with Gasteiger partial charge in [-0.3, -0.25) is 9.59 Å². The number of aliphatic hydroxyl groups excluding tert-OH is 1. The lowest BCUT2D eigenvalue weighted by molar-refractivity contribution is -0.146. The summed E-state index contributed by atoms with van der Waals surface area (Å²) in [6, 6.07) is 18.9. The molecule has 0 bridgehead atoms. The predicted molar refractivity (Wildman–Crippen MR) is 131 cm³/mol. The maximum atomic E-state index is 13.5. The van der Waals surface area contributed by atoms with Crippen molar-refractivity contribution in [2.45, 2.75) is 31.9 Å². The summed E-state index contributed by atoms with van der Waals surface area (Å²) in [4.78, 5) is 24.4. The number of aromatic nitrogens is 3. The average Bonchev–Trinajstić information content (AvgIpc) is 2.85. The molecule has 0 saturated heterocycles. The third kappa shape index (κ3) is 5.90. The van der Waals surface area contributed by atoms with Gasteiger partial charge in [0, 0.05) is 11.6 Å². The minimum Gasteiger partial charge on any atom is -0.481 e. The first kappa shape index (κ1) is 24.5. The topological polar surface area (TPSA) is 105 Å². The molecule has 35 heavy (non-hydrogen) atoms. The third-order valence-electron chi connectivity index (χ3n) is 5.98. The third-order valence-corrected chi connectivity index (χ3v) is 6.23. The molecule has 2 N–H and O–H groups in total. The van der Waals surface area contributed by atoms with Crippen LogP contribution >= 0.6 is 11.6 Å². The molecule has 7 nitrogen and oxygen atoms in total. The smallest absolute Gasteiger partial charge is 0.309 e. The highest BCUT2D eigenvalue weighted by Crippen LogP contribution is 2.23. The van der Waals surface area contributed by atoms with Crippen LogP contribution < -0.4 is 5.56 Å². The first-order chi connectivity index (χ1) is 16.8. The van der Waals surface area contributed by atoms with Crippen molar-refractivity contribution in [1.82, 2.24) is 15.0 Å². The quantitative estimate of drug-likeness (QED) is 0.358. The van der Waals surface area contributed by atoms with E-state index in [4.69, 9.17) is 11.6 Å². The zero-order valence-corrected chi connectivity index (χ0v) is 19.4. The van der Waals surface area contributed by atoms with Crippen LogP contribution in [0.15, 0.2) is 71.5 Å². The maximum Gasteiger partial charge on any atom is 0.309 e. The van der Waals surface area contributed by atoms with Gasteiger partial charge in [0.1, 0.15) is 11.3 Å². The maximum absolute atomic E-state index is 13.5. The van der Waals surface area contributed by atoms with Crippen LogP contribution in [0.1, 0.15) is 18.4 Å². The fourth-order valence-electron chi connectivity index (χ4n) is 3.96. The number of fused-ring (bicyclic) bond motifs is 1. The average molecular weight is 496 g/mol. The second kappa shape index (κ2) is 10.8. The summed E-state index contributed by atoms with van der Waals surface area (Å²) in [5.74, 6) is -2.84. The van der Waals surface area contributed by atoms with Crippen LogP contribution in [-0.2, 0) is 17.8 Å². The fraction of sp³-hybridized carbons (Fsp3) is 0.231. The normalized spacial score (nSPS) is 13.0. The number of nitrogens with zero attached hydrogens (tertiary/aromatic N) is 3. The molecule has 1 aromatic heterocycles. The Bertz CT molecular complexity index is 1390. The van der Waals surface area contributed by atoms with E-state index < -0.39 is 29.4 Å². The molecule has 0 radical (unpaired) electrons.